The van der Waals surface area contributed by atoms with Gasteiger partial charge in [-0.05, 0) is 40.2 Å². The lowest BCUT2D eigenvalue weighted by Crippen LogP contribution is -2.22. The van der Waals surface area contributed by atoms with Gasteiger partial charge in [-0.2, -0.15) is 0 Å². The summed E-state index contributed by atoms with van der Waals surface area (Å²) in [4.78, 5) is 1.26. The Balaban J connectivity index is 2.09. The van der Waals surface area contributed by atoms with Gasteiger partial charge in [-0.1, -0.05) is 18.2 Å². The van der Waals surface area contributed by atoms with Crippen molar-refractivity contribution in [3.63, 3.8) is 0 Å². The molecular weight excluding hydrogens is 322 g/mol. The predicted molar refractivity (Wildman–Crippen MR) is 72.5 cm³/mol. The van der Waals surface area contributed by atoms with E-state index in [2.05, 4.69) is 20.7 Å². The van der Waals surface area contributed by atoms with Crippen LogP contribution in [0.25, 0.3) is 0 Å². The van der Waals surface area contributed by atoms with Crippen molar-refractivity contribution in [3.05, 3.63) is 51.1 Å². The minimum atomic E-state index is -3.41. The standard InChI is InChI=1S/C11H10BrNO2S2/c12-11-7-6-9(16-11)8-13-17(14,15)10-4-2-1-3-5-10/h1-7,13H,8H2. The Kier molecular flexibility index (Phi) is 3.98. The van der Waals surface area contributed by atoms with Crippen LogP contribution in [-0.4, -0.2) is 8.42 Å². The molecule has 0 saturated carbocycles. The third kappa shape index (κ3) is 3.38. The Morgan fingerprint density at radius 3 is 2.41 bits per heavy atom. The minimum Gasteiger partial charge on any atom is -0.207 e. The van der Waals surface area contributed by atoms with Crippen molar-refractivity contribution in [2.45, 2.75) is 11.4 Å². The second-order valence-electron chi connectivity index (χ2n) is 3.34. The molecule has 0 aliphatic heterocycles. The van der Waals surface area contributed by atoms with Crippen molar-refractivity contribution in [2.75, 3.05) is 0 Å². The number of nitrogens with one attached hydrogen (secondary N) is 1. The van der Waals surface area contributed by atoms with Gasteiger partial charge in [-0.15, -0.1) is 11.3 Å². The van der Waals surface area contributed by atoms with Gasteiger partial charge in [0.1, 0.15) is 0 Å². The molecule has 0 bridgehead atoms. The highest BCUT2D eigenvalue weighted by atomic mass is 79.9. The summed E-state index contributed by atoms with van der Waals surface area (Å²) >= 11 is 4.85. The molecule has 90 valence electrons. The summed E-state index contributed by atoms with van der Waals surface area (Å²) in [5.74, 6) is 0. The van der Waals surface area contributed by atoms with Crippen LogP contribution in [0.4, 0.5) is 0 Å². The maximum absolute atomic E-state index is 11.9. The second-order valence-corrected chi connectivity index (χ2v) is 7.66. The fraction of sp³-hybridized carbons (Fsp3) is 0.0909. The summed E-state index contributed by atoms with van der Waals surface area (Å²) in [5.41, 5.74) is 0. The largest absolute Gasteiger partial charge is 0.240 e. The van der Waals surface area contributed by atoms with Crippen molar-refractivity contribution in [2.24, 2.45) is 0 Å². The first-order valence-corrected chi connectivity index (χ1v) is 7.96. The fourth-order valence-corrected chi connectivity index (χ4v) is 3.84. The molecule has 1 aromatic heterocycles. The van der Waals surface area contributed by atoms with Gasteiger partial charge in [0.05, 0.1) is 8.68 Å². The second kappa shape index (κ2) is 5.30. The van der Waals surface area contributed by atoms with E-state index < -0.39 is 10.0 Å². The summed E-state index contributed by atoms with van der Waals surface area (Å²) < 4.78 is 27.3. The number of sulfonamides is 1. The number of hydrogen-bond acceptors (Lipinski definition) is 3. The minimum absolute atomic E-state index is 0.288. The molecule has 1 heterocycles. The lowest BCUT2D eigenvalue weighted by Gasteiger charge is -2.04. The van der Waals surface area contributed by atoms with Crippen molar-refractivity contribution in [1.29, 1.82) is 0 Å². The van der Waals surface area contributed by atoms with Crippen LogP contribution in [0, 0.1) is 0 Å². The average Bonchev–Trinajstić information content (AvgIpc) is 2.74. The van der Waals surface area contributed by atoms with E-state index in [0.29, 0.717) is 6.54 Å². The third-order valence-corrected chi connectivity index (χ3v) is 5.16. The number of benzene rings is 1. The van der Waals surface area contributed by atoms with Crippen LogP contribution in [0.2, 0.25) is 0 Å². The monoisotopic (exact) mass is 331 g/mol. The SMILES string of the molecule is O=S(=O)(NCc1ccc(Br)s1)c1ccccc1. The van der Waals surface area contributed by atoms with E-state index in [9.17, 15) is 8.42 Å². The van der Waals surface area contributed by atoms with Gasteiger partial charge in [0, 0.05) is 11.4 Å². The molecule has 0 spiro atoms. The average molecular weight is 332 g/mol. The van der Waals surface area contributed by atoms with Crippen molar-refractivity contribution < 1.29 is 8.42 Å². The van der Waals surface area contributed by atoms with Gasteiger partial charge in [-0.3, -0.25) is 0 Å². The molecular formula is C11H10BrNO2S2. The normalized spacial score (nSPS) is 11.6. The number of hydrogen-bond donors (Lipinski definition) is 1. The first-order chi connectivity index (χ1) is 8.08. The first-order valence-electron chi connectivity index (χ1n) is 4.87. The van der Waals surface area contributed by atoms with E-state index in [0.717, 1.165) is 8.66 Å². The summed E-state index contributed by atoms with van der Waals surface area (Å²) in [6.45, 7) is 0.313. The van der Waals surface area contributed by atoms with Gasteiger partial charge in [0.2, 0.25) is 10.0 Å². The number of halogens is 1. The van der Waals surface area contributed by atoms with E-state index in [4.69, 9.17) is 0 Å². The molecule has 0 fully saturated rings. The molecule has 6 heteroatoms. The zero-order valence-electron chi connectivity index (χ0n) is 8.76. The Morgan fingerprint density at radius 2 is 1.82 bits per heavy atom. The van der Waals surface area contributed by atoms with Crippen molar-refractivity contribution in [1.82, 2.24) is 4.72 Å². The molecule has 3 nitrogen and oxygen atoms in total. The van der Waals surface area contributed by atoms with Gasteiger partial charge in [0.15, 0.2) is 0 Å². The molecule has 0 saturated heterocycles. The van der Waals surface area contributed by atoms with Gasteiger partial charge in [-0.25, -0.2) is 13.1 Å². The zero-order chi connectivity index (χ0) is 12.3. The van der Waals surface area contributed by atoms with E-state index in [1.54, 1.807) is 30.3 Å². The molecule has 2 aromatic rings. The Hall–Kier alpha value is -0.690. The van der Waals surface area contributed by atoms with E-state index >= 15 is 0 Å². The summed E-state index contributed by atoms with van der Waals surface area (Å²) in [5, 5.41) is 0. The molecule has 1 aromatic carbocycles. The maximum atomic E-state index is 11.9. The van der Waals surface area contributed by atoms with Crippen molar-refractivity contribution >= 4 is 37.3 Å². The van der Waals surface area contributed by atoms with Crippen LogP contribution in [0.1, 0.15) is 4.88 Å². The lowest BCUT2D eigenvalue weighted by molar-refractivity contribution is 0.582. The molecule has 0 aliphatic rings. The highest BCUT2D eigenvalue weighted by molar-refractivity contribution is 9.11. The lowest BCUT2D eigenvalue weighted by atomic mass is 10.4. The fourth-order valence-electron chi connectivity index (χ4n) is 1.30. The van der Waals surface area contributed by atoms with E-state index in [1.165, 1.54) is 11.3 Å². The summed E-state index contributed by atoms with van der Waals surface area (Å²) in [7, 11) is -3.41. The van der Waals surface area contributed by atoms with E-state index in [-0.39, 0.29) is 4.90 Å². The first kappa shape index (κ1) is 12.8. The summed E-state index contributed by atoms with van der Waals surface area (Å²) in [6, 6.07) is 12.1. The highest BCUT2D eigenvalue weighted by Gasteiger charge is 2.12. The molecule has 1 N–H and O–H groups in total. The topological polar surface area (TPSA) is 46.2 Å². The van der Waals surface area contributed by atoms with Crippen LogP contribution in [0.3, 0.4) is 0 Å². The van der Waals surface area contributed by atoms with Crippen LogP contribution in [0.15, 0.2) is 51.1 Å². The summed E-state index contributed by atoms with van der Waals surface area (Å²) in [6.07, 6.45) is 0. The molecule has 0 aliphatic carbocycles. The zero-order valence-corrected chi connectivity index (χ0v) is 12.0. The number of thiophene rings is 1. The van der Waals surface area contributed by atoms with Gasteiger partial charge < -0.3 is 0 Å². The third-order valence-electron chi connectivity index (χ3n) is 2.12. The smallest absolute Gasteiger partial charge is 0.207 e. The van der Waals surface area contributed by atoms with Crippen LogP contribution in [0.5, 0.6) is 0 Å². The van der Waals surface area contributed by atoms with Crippen LogP contribution >= 0.6 is 27.3 Å². The van der Waals surface area contributed by atoms with Crippen molar-refractivity contribution in [3.8, 4) is 0 Å². The molecule has 0 amide bonds. The Labute approximate surface area is 113 Å². The Bertz CT molecular complexity index is 593. The maximum Gasteiger partial charge on any atom is 0.240 e. The van der Waals surface area contributed by atoms with E-state index in [1.807, 2.05) is 12.1 Å². The number of rotatable bonds is 4. The molecule has 0 atom stereocenters. The van der Waals surface area contributed by atoms with Crippen LogP contribution < -0.4 is 4.72 Å². The molecule has 2 rings (SSSR count). The van der Waals surface area contributed by atoms with Crippen LogP contribution in [-0.2, 0) is 16.6 Å². The molecule has 17 heavy (non-hydrogen) atoms. The molecule has 0 unspecified atom stereocenters. The Morgan fingerprint density at radius 1 is 1.12 bits per heavy atom. The predicted octanol–water partition coefficient (Wildman–Crippen LogP) is 2.99. The van der Waals surface area contributed by atoms with Gasteiger partial charge in [0.25, 0.3) is 0 Å². The molecule has 0 radical (unpaired) electrons. The highest BCUT2D eigenvalue weighted by Crippen LogP contribution is 2.22. The van der Waals surface area contributed by atoms with Gasteiger partial charge >= 0.3 is 0 Å². The quantitative estimate of drug-likeness (QED) is 0.936.